The molecule has 2 fully saturated rings. The van der Waals surface area contributed by atoms with E-state index >= 15 is 0 Å². The van der Waals surface area contributed by atoms with E-state index in [1.165, 1.54) is 14.2 Å². The molecule has 0 unspecified atom stereocenters. The van der Waals surface area contributed by atoms with Gasteiger partial charge in [-0.05, 0) is 36.8 Å². The lowest BCUT2D eigenvalue weighted by Crippen LogP contribution is -2.69. The fourth-order valence-electron chi connectivity index (χ4n) is 6.81. The minimum absolute atomic E-state index is 0.0204. The van der Waals surface area contributed by atoms with Gasteiger partial charge in [-0.2, -0.15) is 0 Å². The number of allylic oxidation sites excluding steroid dienone is 4. The molecule has 4 aliphatic rings. The summed E-state index contributed by atoms with van der Waals surface area (Å²) >= 11 is 0. The molecule has 0 aromatic heterocycles. The summed E-state index contributed by atoms with van der Waals surface area (Å²) in [6.45, 7) is 7.80. The van der Waals surface area contributed by atoms with Crippen LogP contribution in [0.2, 0.25) is 0 Å². The summed E-state index contributed by atoms with van der Waals surface area (Å²) in [5.74, 6) is -0.854. The molecule has 7 atom stereocenters. The molecule has 1 saturated heterocycles. The summed E-state index contributed by atoms with van der Waals surface area (Å²) in [5, 5.41) is 0. The Kier molecular flexibility index (Phi) is 4.08. The SMILES string of the molecule is COC1=C[C@H](C)[C@@H]2C[C@@H]3OC(=O)C[C@@H]4C(C)=C(OC)C(=O)[C@H]([C@@]2(C)C1=O)[C@@]34C. The second kappa shape index (κ2) is 5.94. The van der Waals surface area contributed by atoms with Crippen LogP contribution in [0.5, 0.6) is 0 Å². The Bertz CT molecular complexity index is 838. The van der Waals surface area contributed by atoms with Crippen LogP contribution in [-0.4, -0.2) is 37.9 Å². The summed E-state index contributed by atoms with van der Waals surface area (Å²) in [6, 6.07) is 0. The number of hydrogen-bond donors (Lipinski definition) is 0. The second-order valence-corrected chi connectivity index (χ2v) is 9.16. The Labute approximate surface area is 165 Å². The molecule has 1 aliphatic heterocycles. The van der Waals surface area contributed by atoms with Gasteiger partial charge in [0.25, 0.3) is 0 Å². The molecule has 0 aromatic carbocycles. The number of hydrogen-bond acceptors (Lipinski definition) is 6. The number of ether oxygens (including phenoxy) is 3. The van der Waals surface area contributed by atoms with Gasteiger partial charge in [0.05, 0.1) is 20.6 Å². The van der Waals surface area contributed by atoms with Crippen LogP contribution >= 0.6 is 0 Å². The van der Waals surface area contributed by atoms with Crippen molar-refractivity contribution < 1.29 is 28.6 Å². The van der Waals surface area contributed by atoms with Crippen LogP contribution in [0.1, 0.15) is 40.5 Å². The summed E-state index contributed by atoms with van der Waals surface area (Å²) in [6.07, 6.45) is 2.21. The van der Waals surface area contributed by atoms with Gasteiger partial charge in [-0.15, -0.1) is 0 Å². The van der Waals surface area contributed by atoms with Crippen molar-refractivity contribution in [3.8, 4) is 0 Å². The topological polar surface area (TPSA) is 78.9 Å². The number of carbonyl (C=O) groups is 3. The van der Waals surface area contributed by atoms with Crippen LogP contribution in [0.15, 0.2) is 23.2 Å². The monoisotopic (exact) mass is 388 g/mol. The number of carbonyl (C=O) groups excluding carboxylic acids is 3. The lowest BCUT2D eigenvalue weighted by molar-refractivity contribution is -0.217. The molecule has 0 amide bonds. The molecule has 0 spiro atoms. The van der Waals surface area contributed by atoms with Gasteiger partial charge in [-0.1, -0.05) is 20.8 Å². The maximum absolute atomic E-state index is 13.7. The van der Waals surface area contributed by atoms with Gasteiger partial charge in [-0.3, -0.25) is 14.4 Å². The van der Waals surface area contributed by atoms with E-state index in [1.54, 1.807) is 0 Å². The average molecular weight is 388 g/mol. The van der Waals surface area contributed by atoms with Crippen molar-refractivity contribution >= 4 is 17.5 Å². The lowest BCUT2D eigenvalue weighted by atomic mass is 9.40. The first-order valence-electron chi connectivity index (χ1n) is 9.91. The third-order valence-electron chi connectivity index (χ3n) is 8.10. The molecule has 3 aliphatic carbocycles. The van der Waals surface area contributed by atoms with Crippen LogP contribution < -0.4 is 0 Å². The summed E-state index contributed by atoms with van der Waals surface area (Å²) < 4.78 is 16.7. The maximum Gasteiger partial charge on any atom is 0.306 e. The highest BCUT2D eigenvalue weighted by Crippen LogP contribution is 2.67. The van der Waals surface area contributed by atoms with Gasteiger partial charge in [-0.25, -0.2) is 0 Å². The summed E-state index contributed by atoms with van der Waals surface area (Å²) in [4.78, 5) is 39.6. The Morgan fingerprint density at radius 3 is 2.43 bits per heavy atom. The molecule has 6 nitrogen and oxygen atoms in total. The molecular formula is C22H28O6. The fraction of sp³-hybridized carbons (Fsp3) is 0.682. The van der Waals surface area contributed by atoms with Gasteiger partial charge >= 0.3 is 5.97 Å². The third kappa shape index (κ3) is 2.06. The Morgan fingerprint density at radius 2 is 1.82 bits per heavy atom. The zero-order chi connectivity index (χ0) is 20.6. The molecule has 0 N–H and O–H groups in total. The maximum atomic E-state index is 13.7. The van der Waals surface area contributed by atoms with Gasteiger partial charge in [0, 0.05) is 22.7 Å². The molecule has 0 bridgehead atoms. The number of ketones is 2. The normalized spacial score (nSPS) is 45.0. The third-order valence-corrected chi connectivity index (χ3v) is 8.10. The lowest BCUT2D eigenvalue weighted by Gasteiger charge is -2.64. The predicted octanol–water partition coefficient (Wildman–Crippen LogP) is 2.82. The standard InChI is InChI=1S/C22H28O6/c1-10-7-14(26-5)20(25)22(4)12(10)8-15-21(3)13(9-16(23)28-15)11(2)18(27-6)17(24)19(21)22/h7,10,12-13,15,19H,8-9H2,1-6H3/t10-,12-,13+,15-,19-,21+,22-/m0/s1. The highest BCUT2D eigenvalue weighted by atomic mass is 16.5. The second-order valence-electron chi connectivity index (χ2n) is 9.16. The van der Waals surface area contributed by atoms with Crippen LogP contribution in [0.4, 0.5) is 0 Å². The number of fused-ring (bicyclic) bond motifs is 2. The van der Waals surface area contributed by atoms with E-state index in [4.69, 9.17) is 14.2 Å². The number of esters is 1. The molecule has 0 aromatic rings. The molecule has 1 heterocycles. The molecule has 4 rings (SSSR count). The van der Waals surface area contributed by atoms with E-state index in [0.717, 1.165) is 5.57 Å². The molecule has 152 valence electrons. The minimum Gasteiger partial charge on any atom is -0.493 e. The smallest absolute Gasteiger partial charge is 0.306 e. The summed E-state index contributed by atoms with van der Waals surface area (Å²) in [5.41, 5.74) is -0.795. The number of methoxy groups -OCH3 is 2. The van der Waals surface area contributed by atoms with Gasteiger partial charge in [0.15, 0.2) is 11.5 Å². The average Bonchev–Trinajstić information content (AvgIpc) is 2.63. The van der Waals surface area contributed by atoms with Crippen molar-refractivity contribution in [1.82, 2.24) is 0 Å². The van der Waals surface area contributed by atoms with Crippen molar-refractivity contribution in [1.29, 1.82) is 0 Å². The highest BCUT2D eigenvalue weighted by molar-refractivity contribution is 6.07. The van der Waals surface area contributed by atoms with Crippen molar-refractivity contribution in [3.05, 3.63) is 23.2 Å². The Balaban J connectivity index is 1.99. The quantitative estimate of drug-likeness (QED) is 0.677. The van der Waals surface area contributed by atoms with Crippen LogP contribution in [-0.2, 0) is 28.6 Å². The largest absolute Gasteiger partial charge is 0.493 e. The zero-order valence-corrected chi connectivity index (χ0v) is 17.3. The zero-order valence-electron chi connectivity index (χ0n) is 17.3. The molecule has 6 heteroatoms. The van der Waals surface area contributed by atoms with E-state index in [9.17, 15) is 14.4 Å². The molecular weight excluding hydrogens is 360 g/mol. The van der Waals surface area contributed by atoms with Crippen LogP contribution in [0.25, 0.3) is 0 Å². The van der Waals surface area contributed by atoms with E-state index in [0.29, 0.717) is 12.2 Å². The van der Waals surface area contributed by atoms with Crippen molar-refractivity contribution in [2.45, 2.75) is 46.6 Å². The highest BCUT2D eigenvalue weighted by Gasteiger charge is 2.72. The summed E-state index contributed by atoms with van der Waals surface area (Å²) in [7, 11) is 2.97. The van der Waals surface area contributed by atoms with Crippen molar-refractivity contribution in [2.24, 2.45) is 34.5 Å². The van der Waals surface area contributed by atoms with E-state index in [-0.39, 0.29) is 47.5 Å². The van der Waals surface area contributed by atoms with Crippen molar-refractivity contribution in [3.63, 3.8) is 0 Å². The predicted molar refractivity (Wildman–Crippen MR) is 99.8 cm³/mol. The first-order valence-corrected chi connectivity index (χ1v) is 9.91. The van der Waals surface area contributed by atoms with E-state index < -0.39 is 22.9 Å². The van der Waals surface area contributed by atoms with Gasteiger partial charge in [0.2, 0.25) is 11.6 Å². The number of rotatable bonds is 2. The van der Waals surface area contributed by atoms with Gasteiger partial charge < -0.3 is 14.2 Å². The Morgan fingerprint density at radius 1 is 1.14 bits per heavy atom. The van der Waals surface area contributed by atoms with E-state index in [1.807, 2.05) is 33.8 Å². The fourth-order valence-corrected chi connectivity index (χ4v) is 6.81. The van der Waals surface area contributed by atoms with Gasteiger partial charge in [0.1, 0.15) is 6.10 Å². The molecule has 0 radical (unpaired) electrons. The van der Waals surface area contributed by atoms with E-state index in [2.05, 4.69) is 0 Å². The number of Topliss-reactive ketones (excluding diaryl/α,β-unsaturated/α-hetero) is 2. The van der Waals surface area contributed by atoms with Crippen LogP contribution in [0, 0.1) is 34.5 Å². The minimum atomic E-state index is -0.936. The molecule has 28 heavy (non-hydrogen) atoms. The first kappa shape index (κ1) is 19.2. The molecule has 1 saturated carbocycles. The van der Waals surface area contributed by atoms with Crippen molar-refractivity contribution in [2.75, 3.05) is 14.2 Å². The first-order chi connectivity index (χ1) is 13.1. The Hall–Kier alpha value is -2.11. The van der Waals surface area contributed by atoms with Crippen LogP contribution in [0.3, 0.4) is 0 Å².